The Morgan fingerprint density at radius 2 is 2.05 bits per heavy atom. The van der Waals surface area contributed by atoms with Gasteiger partial charge in [0.25, 0.3) is 0 Å². The average molecular weight is 329 g/mol. The molecule has 0 bridgehead atoms. The lowest BCUT2D eigenvalue weighted by Crippen LogP contribution is -2.30. The molecule has 1 aromatic heterocycles. The molecule has 19 heavy (non-hydrogen) atoms. The number of aromatic nitrogens is 2. The van der Waals surface area contributed by atoms with Crippen molar-refractivity contribution in [2.24, 2.45) is 0 Å². The largest absolute Gasteiger partial charge is 0.381 e. The minimum Gasteiger partial charge on any atom is -0.381 e. The molecule has 1 saturated carbocycles. The van der Waals surface area contributed by atoms with Gasteiger partial charge in [-0.1, -0.05) is 0 Å². The number of ether oxygens (including phenoxy) is 1. The average Bonchev–Trinajstić information content (AvgIpc) is 2.43. The second-order valence-corrected chi connectivity index (χ2v) is 5.59. The van der Waals surface area contributed by atoms with Crippen LogP contribution in [-0.4, -0.2) is 35.8 Å². The summed E-state index contributed by atoms with van der Waals surface area (Å²) in [5, 5.41) is 6.73. The summed E-state index contributed by atoms with van der Waals surface area (Å²) in [5.41, 5.74) is 0. The van der Waals surface area contributed by atoms with Crippen molar-refractivity contribution in [2.45, 2.75) is 44.8 Å². The quantitative estimate of drug-likeness (QED) is 0.869. The third-order valence-corrected chi connectivity index (χ3v) is 3.82. The molecule has 2 N–H and O–H groups in total. The molecule has 1 aliphatic carbocycles. The predicted octanol–water partition coefficient (Wildman–Crippen LogP) is 3.04. The molecule has 5 nitrogen and oxygen atoms in total. The van der Waals surface area contributed by atoms with Gasteiger partial charge in [0, 0.05) is 19.7 Å². The van der Waals surface area contributed by atoms with Crippen LogP contribution in [0.4, 0.5) is 11.6 Å². The van der Waals surface area contributed by atoms with Crippen molar-refractivity contribution >= 4 is 27.6 Å². The highest BCUT2D eigenvalue weighted by molar-refractivity contribution is 9.10. The summed E-state index contributed by atoms with van der Waals surface area (Å²) >= 11 is 3.37. The van der Waals surface area contributed by atoms with Crippen molar-refractivity contribution in [2.75, 3.05) is 24.3 Å². The van der Waals surface area contributed by atoms with Gasteiger partial charge >= 0.3 is 0 Å². The van der Waals surface area contributed by atoms with Crippen LogP contribution >= 0.6 is 15.9 Å². The minimum absolute atomic E-state index is 0.417. The van der Waals surface area contributed by atoms with Gasteiger partial charge in [-0.3, -0.25) is 0 Å². The minimum atomic E-state index is 0.417. The number of nitrogens with one attached hydrogen (secondary N) is 2. The molecule has 1 aliphatic rings. The fourth-order valence-corrected chi connectivity index (χ4v) is 2.68. The lowest BCUT2D eigenvalue weighted by molar-refractivity contribution is 0.0681. The van der Waals surface area contributed by atoms with E-state index in [0.29, 0.717) is 12.1 Å². The molecule has 0 saturated heterocycles. The monoisotopic (exact) mass is 328 g/mol. The van der Waals surface area contributed by atoms with E-state index in [9.17, 15) is 0 Å². The van der Waals surface area contributed by atoms with Crippen LogP contribution in [0.15, 0.2) is 10.8 Å². The van der Waals surface area contributed by atoms with Gasteiger partial charge in [-0.2, -0.15) is 0 Å². The van der Waals surface area contributed by atoms with Gasteiger partial charge in [-0.15, -0.1) is 0 Å². The van der Waals surface area contributed by atoms with Crippen molar-refractivity contribution in [1.82, 2.24) is 9.97 Å². The first-order chi connectivity index (χ1) is 9.22. The number of anilines is 2. The summed E-state index contributed by atoms with van der Waals surface area (Å²) < 4.78 is 6.15. The van der Waals surface area contributed by atoms with Crippen LogP contribution in [0.2, 0.25) is 0 Å². The standard InChI is InChI=1S/C13H21BrN4O/c1-3-15-12-13(18-11(14)8-16-12)17-9-4-6-10(19-2)7-5-9/h8-10H,3-7H2,1-2H3,(H,15,16)(H,17,18)/t9-,10-. The topological polar surface area (TPSA) is 59.1 Å². The lowest BCUT2D eigenvalue weighted by atomic mass is 9.93. The van der Waals surface area contributed by atoms with Crippen LogP contribution in [-0.2, 0) is 4.74 Å². The van der Waals surface area contributed by atoms with Crippen molar-refractivity contribution < 1.29 is 4.74 Å². The normalized spacial score (nSPS) is 23.1. The van der Waals surface area contributed by atoms with E-state index in [1.165, 1.54) is 0 Å². The lowest BCUT2D eigenvalue weighted by Gasteiger charge is -2.29. The van der Waals surface area contributed by atoms with Crippen molar-refractivity contribution in [3.05, 3.63) is 10.8 Å². The molecule has 0 aliphatic heterocycles. The highest BCUT2D eigenvalue weighted by Crippen LogP contribution is 2.26. The van der Waals surface area contributed by atoms with Crippen molar-refractivity contribution in [3.8, 4) is 0 Å². The Bertz CT molecular complexity index is 408. The second-order valence-electron chi connectivity index (χ2n) is 4.77. The summed E-state index contributed by atoms with van der Waals surface area (Å²) in [5.74, 6) is 1.65. The zero-order valence-electron chi connectivity index (χ0n) is 11.4. The van der Waals surface area contributed by atoms with Gasteiger partial charge in [0.15, 0.2) is 11.6 Å². The Morgan fingerprint density at radius 1 is 1.32 bits per heavy atom. The van der Waals surface area contributed by atoms with E-state index in [2.05, 4.69) is 43.5 Å². The zero-order valence-corrected chi connectivity index (χ0v) is 13.0. The Hall–Kier alpha value is -0.880. The van der Waals surface area contributed by atoms with Gasteiger partial charge in [0.05, 0.1) is 12.3 Å². The number of methoxy groups -OCH3 is 1. The van der Waals surface area contributed by atoms with Crippen LogP contribution in [0.25, 0.3) is 0 Å². The zero-order chi connectivity index (χ0) is 13.7. The number of rotatable bonds is 5. The third-order valence-electron chi connectivity index (χ3n) is 3.44. The molecule has 2 rings (SSSR count). The summed E-state index contributed by atoms with van der Waals surface area (Å²) in [6.07, 6.45) is 6.56. The van der Waals surface area contributed by atoms with Gasteiger partial charge in [-0.05, 0) is 48.5 Å². The summed E-state index contributed by atoms with van der Waals surface area (Å²) in [6.45, 7) is 2.89. The second kappa shape index (κ2) is 7.05. The third kappa shape index (κ3) is 4.04. The molecule has 1 heterocycles. The van der Waals surface area contributed by atoms with E-state index in [1.54, 1.807) is 13.3 Å². The number of halogens is 1. The molecule has 0 spiro atoms. The highest BCUT2D eigenvalue weighted by Gasteiger charge is 2.22. The first-order valence-electron chi connectivity index (χ1n) is 6.78. The highest BCUT2D eigenvalue weighted by atomic mass is 79.9. The molecule has 6 heteroatoms. The maximum absolute atomic E-state index is 5.40. The Labute approximate surface area is 122 Å². The molecule has 0 aromatic carbocycles. The van der Waals surface area contributed by atoms with E-state index in [0.717, 1.165) is 48.5 Å². The van der Waals surface area contributed by atoms with E-state index >= 15 is 0 Å². The Kier molecular flexibility index (Phi) is 5.39. The van der Waals surface area contributed by atoms with E-state index < -0.39 is 0 Å². The summed E-state index contributed by atoms with van der Waals surface area (Å²) in [7, 11) is 1.79. The predicted molar refractivity (Wildman–Crippen MR) is 80.6 cm³/mol. The van der Waals surface area contributed by atoms with Crippen LogP contribution in [0.5, 0.6) is 0 Å². The maximum Gasteiger partial charge on any atom is 0.170 e. The fourth-order valence-electron chi connectivity index (χ4n) is 2.40. The van der Waals surface area contributed by atoms with Gasteiger partial charge in [-0.25, -0.2) is 9.97 Å². The van der Waals surface area contributed by atoms with Crippen LogP contribution in [0, 0.1) is 0 Å². The van der Waals surface area contributed by atoms with Gasteiger partial charge in [0.2, 0.25) is 0 Å². The smallest absolute Gasteiger partial charge is 0.170 e. The van der Waals surface area contributed by atoms with E-state index in [4.69, 9.17) is 4.74 Å². The first kappa shape index (κ1) is 14.5. The van der Waals surface area contributed by atoms with Gasteiger partial charge < -0.3 is 15.4 Å². The number of hydrogen-bond acceptors (Lipinski definition) is 5. The maximum atomic E-state index is 5.40. The number of nitrogens with zero attached hydrogens (tertiary/aromatic N) is 2. The Balaban J connectivity index is 2.00. The van der Waals surface area contributed by atoms with Gasteiger partial charge in [0.1, 0.15) is 4.60 Å². The molecule has 0 atom stereocenters. The van der Waals surface area contributed by atoms with Crippen molar-refractivity contribution in [3.63, 3.8) is 0 Å². The molecule has 0 amide bonds. The van der Waals surface area contributed by atoms with Crippen LogP contribution in [0.3, 0.4) is 0 Å². The van der Waals surface area contributed by atoms with E-state index in [-0.39, 0.29) is 0 Å². The molecular formula is C13H21BrN4O. The molecule has 0 unspecified atom stereocenters. The van der Waals surface area contributed by atoms with Crippen LogP contribution < -0.4 is 10.6 Å². The van der Waals surface area contributed by atoms with E-state index in [1.807, 2.05) is 0 Å². The summed E-state index contributed by atoms with van der Waals surface area (Å²) in [6, 6.07) is 0.451. The first-order valence-corrected chi connectivity index (χ1v) is 7.58. The number of hydrogen-bond donors (Lipinski definition) is 2. The molecule has 1 fully saturated rings. The van der Waals surface area contributed by atoms with Crippen molar-refractivity contribution in [1.29, 1.82) is 0 Å². The molecule has 106 valence electrons. The summed E-state index contributed by atoms with van der Waals surface area (Å²) in [4.78, 5) is 8.83. The Morgan fingerprint density at radius 3 is 2.68 bits per heavy atom. The van der Waals surface area contributed by atoms with Crippen LogP contribution in [0.1, 0.15) is 32.6 Å². The fraction of sp³-hybridized carbons (Fsp3) is 0.692. The molecular weight excluding hydrogens is 308 g/mol. The SMILES string of the molecule is CCNc1ncc(Br)nc1N[C@H]1CC[C@H](OC)CC1. The molecule has 1 aromatic rings. The molecule has 0 radical (unpaired) electrons.